The number of rotatable bonds is 6. The molecule has 0 saturated heterocycles. The molecule has 0 atom stereocenters. The molecule has 1 spiro atoms. The van der Waals surface area contributed by atoms with E-state index in [0.717, 1.165) is 51.6 Å². The normalized spacial score (nSPS) is 14.0. The summed E-state index contributed by atoms with van der Waals surface area (Å²) in [6.45, 7) is 0. The summed E-state index contributed by atoms with van der Waals surface area (Å²) in [5.74, 6) is 1.51. The lowest BCUT2D eigenvalue weighted by atomic mass is 9.82. The minimum atomic E-state index is 0.335. The standard InChI is InChI=1S/C49H36N2O/c1-2-11-38-30-49(29-37(38)10-1)31-39-19-18-34(23-42(39)32-49)35-20-22-51-48(28-35)36-13-7-14-43(25-36)52-44-26-40(24-41(27-44)47-17-5-6-21-50-47)46-16-8-12-33-9-3-4-15-45(33)46/h1-28H,29-32H2. The van der Waals surface area contributed by atoms with Crippen molar-refractivity contribution in [1.82, 2.24) is 9.97 Å². The molecule has 0 radical (unpaired) electrons. The van der Waals surface area contributed by atoms with E-state index in [1.807, 2.05) is 42.7 Å². The molecule has 0 aliphatic heterocycles. The Morgan fingerprint density at radius 3 is 1.96 bits per heavy atom. The van der Waals surface area contributed by atoms with Crippen LogP contribution in [0.15, 0.2) is 170 Å². The van der Waals surface area contributed by atoms with E-state index in [2.05, 4.69) is 132 Å². The molecule has 2 heterocycles. The molecular weight excluding hydrogens is 633 g/mol. The topological polar surface area (TPSA) is 35.0 Å². The summed E-state index contributed by atoms with van der Waals surface area (Å²) < 4.78 is 6.66. The quantitative estimate of drug-likeness (QED) is 0.177. The summed E-state index contributed by atoms with van der Waals surface area (Å²) in [5, 5.41) is 2.41. The number of benzene rings is 6. The summed E-state index contributed by atoms with van der Waals surface area (Å²) in [7, 11) is 0. The van der Waals surface area contributed by atoms with Crippen molar-refractivity contribution in [2.24, 2.45) is 5.41 Å². The van der Waals surface area contributed by atoms with Crippen LogP contribution in [0.25, 0.3) is 55.5 Å². The Hall–Kier alpha value is -6.32. The van der Waals surface area contributed by atoms with Gasteiger partial charge in [-0.3, -0.25) is 9.97 Å². The third kappa shape index (κ3) is 5.65. The first-order chi connectivity index (χ1) is 25.6. The number of hydrogen-bond acceptors (Lipinski definition) is 3. The van der Waals surface area contributed by atoms with Crippen molar-refractivity contribution in [1.29, 1.82) is 0 Å². The van der Waals surface area contributed by atoms with Gasteiger partial charge in [-0.2, -0.15) is 0 Å². The molecule has 3 nitrogen and oxygen atoms in total. The van der Waals surface area contributed by atoms with Gasteiger partial charge in [0.25, 0.3) is 0 Å². The molecule has 2 aromatic heterocycles. The van der Waals surface area contributed by atoms with Crippen LogP contribution in [0.3, 0.4) is 0 Å². The fourth-order valence-corrected chi connectivity index (χ4v) is 8.63. The van der Waals surface area contributed by atoms with Crippen molar-refractivity contribution in [3.8, 4) is 56.3 Å². The molecule has 248 valence electrons. The van der Waals surface area contributed by atoms with Gasteiger partial charge in [-0.25, -0.2) is 0 Å². The Morgan fingerprint density at radius 1 is 0.404 bits per heavy atom. The van der Waals surface area contributed by atoms with Crippen LogP contribution in [0.2, 0.25) is 0 Å². The maximum Gasteiger partial charge on any atom is 0.128 e. The van der Waals surface area contributed by atoms with E-state index in [1.165, 1.54) is 63.4 Å². The van der Waals surface area contributed by atoms with Gasteiger partial charge in [0.1, 0.15) is 11.5 Å². The first kappa shape index (κ1) is 30.5. The highest BCUT2D eigenvalue weighted by Gasteiger charge is 2.41. The number of pyridine rings is 2. The molecule has 2 aliphatic rings. The number of aromatic nitrogens is 2. The Labute approximate surface area is 304 Å². The summed E-state index contributed by atoms with van der Waals surface area (Å²) in [6, 6.07) is 56.0. The van der Waals surface area contributed by atoms with Crippen LogP contribution in [0.1, 0.15) is 22.3 Å². The second-order valence-electron chi connectivity index (χ2n) is 14.5. The van der Waals surface area contributed by atoms with E-state index in [-0.39, 0.29) is 0 Å². The molecule has 6 aromatic carbocycles. The van der Waals surface area contributed by atoms with Crippen molar-refractivity contribution in [2.45, 2.75) is 25.7 Å². The maximum absolute atomic E-state index is 6.66. The first-order valence-electron chi connectivity index (χ1n) is 18.1. The van der Waals surface area contributed by atoms with E-state index in [1.54, 1.807) is 0 Å². The zero-order chi connectivity index (χ0) is 34.5. The highest BCUT2D eigenvalue weighted by molar-refractivity contribution is 5.97. The average molecular weight is 669 g/mol. The summed E-state index contributed by atoms with van der Waals surface area (Å²) in [4.78, 5) is 9.47. The number of fused-ring (bicyclic) bond motifs is 3. The Bertz CT molecular complexity index is 2590. The van der Waals surface area contributed by atoms with Gasteiger partial charge in [-0.15, -0.1) is 0 Å². The van der Waals surface area contributed by atoms with E-state index in [0.29, 0.717) is 5.41 Å². The van der Waals surface area contributed by atoms with Gasteiger partial charge >= 0.3 is 0 Å². The van der Waals surface area contributed by atoms with E-state index >= 15 is 0 Å². The van der Waals surface area contributed by atoms with Crippen LogP contribution in [0.5, 0.6) is 11.5 Å². The summed E-state index contributed by atoms with van der Waals surface area (Å²) in [5.41, 5.74) is 14.9. The third-order valence-corrected chi connectivity index (χ3v) is 11.0. The highest BCUT2D eigenvalue weighted by Crippen LogP contribution is 2.48. The molecule has 0 amide bonds. The smallest absolute Gasteiger partial charge is 0.128 e. The molecule has 10 rings (SSSR count). The minimum absolute atomic E-state index is 0.335. The fourth-order valence-electron chi connectivity index (χ4n) is 8.63. The zero-order valence-electron chi connectivity index (χ0n) is 28.8. The fraction of sp³-hybridized carbons (Fsp3) is 0.102. The van der Waals surface area contributed by atoms with Crippen molar-refractivity contribution >= 4 is 10.8 Å². The lowest BCUT2D eigenvalue weighted by molar-refractivity contribution is 0.326. The molecule has 0 bridgehead atoms. The van der Waals surface area contributed by atoms with Crippen LogP contribution in [-0.4, -0.2) is 9.97 Å². The maximum atomic E-state index is 6.66. The van der Waals surface area contributed by atoms with E-state index in [9.17, 15) is 0 Å². The first-order valence-corrected chi connectivity index (χ1v) is 18.1. The predicted molar refractivity (Wildman–Crippen MR) is 211 cm³/mol. The second kappa shape index (κ2) is 12.5. The Balaban J connectivity index is 0.949. The molecule has 0 saturated carbocycles. The van der Waals surface area contributed by atoms with Gasteiger partial charge in [0.05, 0.1) is 11.4 Å². The van der Waals surface area contributed by atoms with Gasteiger partial charge in [0.15, 0.2) is 0 Å². The van der Waals surface area contributed by atoms with Crippen molar-refractivity contribution in [3.63, 3.8) is 0 Å². The molecule has 3 heteroatoms. The Kier molecular flexibility index (Phi) is 7.31. The SMILES string of the molecule is c1ccc(-c2cc(Oc3cccc(-c4cc(-c5ccc6c(c5)CC5(Cc7ccccc7C5)C6)ccn4)c3)cc(-c3cccc4ccccc34)c2)nc1. The largest absolute Gasteiger partial charge is 0.457 e. The molecule has 0 N–H and O–H groups in total. The van der Waals surface area contributed by atoms with Crippen LogP contribution in [0, 0.1) is 5.41 Å². The number of nitrogens with zero attached hydrogens (tertiary/aromatic N) is 2. The monoisotopic (exact) mass is 668 g/mol. The van der Waals surface area contributed by atoms with E-state index in [4.69, 9.17) is 9.72 Å². The Morgan fingerprint density at radius 2 is 1.10 bits per heavy atom. The lowest BCUT2D eigenvalue weighted by Gasteiger charge is -2.21. The number of hydrogen-bond donors (Lipinski definition) is 0. The zero-order valence-corrected chi connectivity index (χ0v) is 28.8. The van der Waals surface area contributed by atoms with E-state index < -0.39 is 0 Å². The minimum Gasteiger partial charge on any atom is -0.457 e. The molecule has 8 aromatic rings. The molecule has 2 aliphatic carbocycles. The molecule has 52 heavy (non-hydrogen) atoms. The molecule has 0 fully saturated rings. The van der Waals surface area contributed by atoms with Gasteiger partial charge in [-0.1, -0.05) is 103 Å². The summed E-state index contributed by atoms with van der Waals surface area (Å²) >= 11 is 0. The van der Waals surface area contributed by atoms with Crippen LogP contribution >= 0.6 is 0 Å². The highest BCUT2D eigenvalue weighted by atomic mass is 16.5. The van der Waals surface area contributed by atoms with Crippen LogP contribution in [0.4, 0.5) is 0 Å². The number of ether oxygens (including phenoxy) is 1. The van der Waals surface area contributed by atoms with Gasteiger partial charge in [-0.05, 0) is 141 Å². The molecule has 0 unspecified atom stereocenters. The molecular formula is C49H36N2O. The van der Waals surface area contributed by atoms with Crippen molar-refractivity contribution in [3.05, 3.63) is 192 Å². The average Bonchev–Trinajstić information content (AvgIpc) is 3.75. The van der Waals surface area contributed by atoms with Crippen molar-refractivity contribution < 1.29 is 4.74 Å². The predicted octanol–water partition coefficient (Wildman–Crippen LogP) is 12.0. The van der Waals surface area contributed by atoms with Crippen LogP contribution in [-0.2, 0) is 25.7 Å². The van der Waals surface area contributed by atoms with Gasteiger partial charge in [0.2, 0.25) is 0 Å². The van der Waals surface area contributed by atoms with Crippen LogP contribution < -0.4 is 4.74 Å². The third-order valence-electron chi connectivity index (χ3n) is 11.0. The summed E-state index contributed by atoms with van der Waals surface area (Å²) in [6.07, 6.45) is 8.43. The second-order valence-corrected chi connectivity index (χ2v) is 14.5. The van der Waals surface area contributed by atoms with Gasteiger partial charge in [0, 0.05) is 23.5 Å². The van der Waals surface area contributed by atoms with Crippen molar-refractivity contribution in [2.75, 3.05) is 0 Å². The van der Waals surface area contributed by atoms with Gasteiger partial charge < -0.3 is 4.74 Å². The lowest BCUT2D eigenvalue weighted by Crippen LogP contribution is -2.21.